The van der Waals surface area contributed by atoms with E-state index in [9.17, 15) is 14.9 Å². The fourth-order valence-electron chi connectivity index (χ4n) is 4.06. The molecule has 200 valence electrons. The van der Waals surface area contributed by atoms with E-state index in [0.29, 0.717) is 54.9 Å². The highest BCUT2D eigenvalue weighted by atomic mass is 32.1. The number of methoxy groups -OCH3 is 1. The van der Waals surface area contributed by atoms with E-state index in [0.717, 1.165) is 5.56 Å². The predicted molar refractivity (Wildman–Crippen MR) is 152 cm³/mol. The SMILES string of the molecule is COc1ccc(C#N)cc1-c1cc(COC(C)=O)ncc1C(=O)Nc1nc2ccc(-c3ccc(C#N)cc3)nc2s1. The van der Waals surface area contributed by atoms with Crippen molar-refractivity contribution >= 4 is 38.7 Å². The lowest BCUT2D eigenvalue weighted by molar-refractivity contribution is -0.142. The molecule has 0 saturated carbocycles. The zero-order valence-electron chi connectivity index (χ0n) is 21.8. The van der Waals surface area contributed by atoms with Crippen LogP contribution < -0.4 is 10.1 Å². The number of ether oxygens (including phenoxy) is 2. The average Bonchev–Trinajstić information content (AvgIpc) is 3.41. The minimum atomic E-state index is -0.484. The summed E-state index contributed by atoms with van der Waals surface area (Å²) in [6.07, 6.45) is 1.39. The molecule has 1 N–H and O–H groups in total. The Hall–Kier alpha value is -5.65. The van der Waals surface area contributed by atoms with Gasteiger partial charge in [0.1, 0.15) is 22.7 Å². The summed E-state index contributed by atoms with van der Waals surface area (Å²) in [7, 11) is 1.49. The van der Waals surface area contributed by atoms with Crippen LogP contribution in [0.15, 0.2) is 66.9 Å². The number of nitrogens with zero attached hydrogens (tertiary/aromatic N) is 5. The van der Waals surface area contributed by atoms with Gasteiger partial charge in [0.2, 0.25) is 0 Å². The van der Waals surface area contributed by atoms with Gasteiger partial charge in [-0.3, -0.25) is 19.9 Å². The Bertz CT molecular complexity index is 1890. The number of amides is 1. The number of nitrogens with one attached hydrogen (secondary N) is 1. The number of anilines is 1. The molecule has 10 nitrogen and oxygen atoms in total. The van der Waals surface area contributed by atoms with Crippen molar-refractivity contribution in [1.82, 2.24) is 15.0 Å². The Balaban J connectivity index is 1.49. The molecule has 41 heavy (non-hydrogen) atoms. The van der Waals surface area contributed by atoms with E-state index in [-0.39, 0.29) is 12.2 Å². The van der Waals surface area contributed by atoms with Crippen molar-refractivity contribution in [3.05, 3.63) is 89.2 Å². The van der Waals surface area contributed by atoms with Gasteiger partial charge in [0.05, 0.1) is 47.3 Å². The second-order valence-electron chi connectivity index (χ2n) is 8.71. The summed E-state index contributed by atoms with van der Waals surface area (Å²) in [5.74, 6) is -0.504. The van der Waals surface area contributed by atoms with Gasteiger partial charge in [-0.05, 0) is 48.5 Å². The van der Waals surface area contributed by atoms with Crippen LogP contribution in [0.5, 0.6) is 5.75 Å². The van der Waals surface area contributed by atoms with Gasteiger partial charge >= 0.3 is 5.97 Å². The summed E-state index contributed by atoms with van der Waals surface area (Å²) in [5.41, 5.74) is 4.67. The topological polar surface area (TPSA) is 151 Å². The molecule has 11 heteroatoms. The Labute approximate surface area is 238 Å². The van der Waals surface area contributed by atoms with Gasteiger partial charge < -0.3 is 9.47 Å². The lowest BCUT2D eigenvalue weighted by atomic mass is 9.97. The summed E-state index contributed by atoms with van der Waals surface area (Å²) in [6.45, 7) is 1.21. The van der Waals surface area contributed by atoms with Crippen molar-refractivity contribution in [2.45, 2.75) is 13.5 Å². The summed E-state index contributed by atoms with van der Waals surface area (Å²) in [5, 5.41) is 21.7. The second-order valence-corrected chi connectivity index (χ2v) is 9.69. The molecule has 0 saturated heterocycles. The van der Waals surface area contributed by atoms with Gasteiger partial charge in [-0.25, -0.2) is 9.97 Å². The highest BCUT2D eigenvalue weighted by molar-refractivity contribution is 7.22. The van der Waals surface area contributed by atoms with Gasteiger partial charge in [0.25, 0.3) is 5.91 Å². The minimum absolute atomic E-state index is 0.0877. The maximum Gasteiger partial charge on any atom is 0.303 e. The molecule has 5 rings (SSSR count). The third-order valence-corrected chi connectivity index (χ3v) is 6.91. The van der Waals surface area contributed by atoms with E-state index < -0.39 is 11.9 Å². The summed E-state index contributed by atoms with van der Waals surface area (Å²) < 4.78 is 10.6. The zero-order chi connectivity index (χ0) is 28.9. The van der Waals surface area contributed by atoms with Gasteiger partial charge in [0.15, 0.2) is 5.13 Å². The molecule has 1 amide bonds. The third-order valence-electron chi connectivity index (χ3n) is 6.03. The summed E-state index contributed by atoms with van der Waals surface area (Å²) in [4.78, 5) is 39.0. The van der Waals surface area contributed by atoms with Crippen LogP contribution in [0.3, 0.4) is 0 Å². The fourth-order valence-corrected chi connectivity index (χ4v) is 4.89. The first-order valence-corrected chi connectivity index (χ1v) is 13.0. The smallest absolute Gasteiger partial charge is 0.303 e. The van der Waals surface area contributed by atoms with E-state index >= 15 is 0 Å². The van der Waals surface area contributed by atoms with Crippen LogP contribution in [-0.2, 0) is 16.1 Å². The number of nitriles is 2. The van der Waals surface area contributed by atoms with Crippen LogP contribution in [-0.4, -0.2) is 33.9 Å². The molecule has 2 aromatic carbocycles. The van der Waals surface area contributed by atoms with Crippen molar-refractivity contribution in [3.63, 3.8) is 0 Å². The number of hydrogen-bond acceptors (Lipinski definition) is 10. The lowest BCUT2D eigenvalue weighted by Crippen LogP contribution is -2.14. The van der Waals surface area contributed by atoms with E-state index in [1.807, 2.05) is 24.3 Å². The number of pyridine rings is 2. The predicted octanol–water partition coefficient (Wildman–Crippen LogP) is 5.49. The first kappa shape index (κ1) is 26.9. The first-order chi connectivity index (χ1) is 19.9. The molecular formula is C30H20N6O4S. The van der Waals surface area contributed by atoms with E-state index in [2.05, 4.69) is 32.4 Å². The number of esters is 1. The van der Waals surface area contributed by atoms with E-state index in [4.69, 9.17) is 14.7 Å². The number of carbonyl (C=O) groups is 2. The largest absolute Gasteiger partial charge is 0.496 e. The second kappa shape index (κ2) is 11.6. The number of aromatic nitrogens is 3. The Morgan fingerprint density at radius 1 is 0.951 bits per heavy atom. The molecule has 3 aromatic heterocycles. The fraction of sp³-hybridized carbons (Fsp3) is 0.100. The number of benzene rings is 2. The lowest BCUT2D eigenvalue weighted by Gasteiger charge is -2.14. The quantitative estimate of drug-likeness (QED) is 0.255. The molecule has 0 atom stereocenters. The van der Waals surface area contributed by atoms with Crippen LogP contribution in [0.1, 0.15) is 34.1 Å². The van der Waals surface area contributed by atoms with Crippen LogP contribution in [0.25, 0.3) is 32.7 Å². The van der Waals surface area contributed by atoms with Gasteiger partial charge in [-0.2, -0.15) is 10.5 Å². The van der Waals surface area contributed by atoms with Crippen LogP contribution in [0.2, 0.25) is 0 Å². The van der Waals surface area contributed by atoms with Crippen molar-refractivity contribution in [3.8, 4) is 40.3 Å². The molecule has 0 aliphatic rings. The Kier molecular flexibility index (Phi) is 7.63. The van der Waals surface area contributed by atoms with Crippen LogP contribution in [0, 0.1) is 22.7 Å². The highest BCUT2D eigenvalue weighted by Gasteiger charge is 2.20. The molecule has 0 aliphatic carbocycles. The Morgan fingerprint density at radius 2 is 1.71 bits per heavy atom. The number of thiazole rings is 1. The average molecular weight is 561 g/mol. The highest BCUT2D eigenvalue weighted by Crippen LogP contribution is 2.35. The zero-order valence-corrected chi connectivity index (χ0v) is 22.7. The molecule has 3 heterocycles. The Morgan fingerprint density at radius 3 is 2.41 bits per heavy atom. The number of carbonyl (C=O) groups excluding carboxylic acids is 2. The van der Waals surface area contributed by atoms with Crippen molar-refractivity contribution in [1.29, 1.82) is 10.5 Å². The standard InChI is InChI=1S/C30H20N6O4S/c1-17(37)40-16-21-12-22(23-11-19(14-32)5-10-27(23)39-2)24(15-33-21)28(38)36-30-35-26-9-8-25(34-29(26)41-30)20-6-3-18(13-31)4-7-20/h3-12,15H,16H2,1-2H3,(H,35,36,38). The molecule has 0 aliphatic heterocycles. The van der Waals surface area contributed by atoms with Crippen molar-refractivity contribution in [2.75, 3.05) is 12.4 Å². The van der Waals surface area contributed by atoms with Gasteiger partial charge in [0, 0.05) is 29.8 Å². The summed E-state index contributed by atoms with van der Waals surface area (Å²) >= 11 is 1.21. The third kappa shape index (κ3) is 5.86. The normalized spacial score (nSPS) is 10.4. The first-order valence-electron chi connectivity index (χ1n) is 12.2. The van der Waals surface area contributed by atoms with Crippen LogP contribution >= 0.6 is 11.3 Å². The van der Waals surface area contributed by atoms with E-state index in [1.165, 1.54) is 31.6 Å². The van der Waals surface area contributed by atoms with E-state index in [1.54, 1.807) is 36.4 Å². The van der Waals surface area contributed by atoms with Crippen molar-refractivity contribution in [2.24, 2.45) is 0 Å². The maximum atomic E-state index is 13.5. The molecule has 0 fully saturated rings. The van der Waals surface area contributed by atoms with Gasteiger partial charge in [-0.1, -0.05) is 23.5 Å². The number of fused-ring (bicyclic) bond motifs is 1. The number of hydrogen-bond donors (Lipinski definition) is 1. The van der Waals surface area contributed by atoms with Crippen LogP contribution in [0.4, 0.5) is 5.13 Å². The molecule has 0 unspecified atom stereocenters. The monoisotopic (exact) mass is 560 g/mol. The molecule has 0 bridgehead atoms. The van der Waals surface area contributed by atoms with Gasteiger partial charge in [-0.15, -0.1) is 0 Å². The molecule has 0 spiro atoms. The molecular weight excluding hydrogens is 540 g/mol. The molecule has 0 radical (unpaired) electrons. The molecule has 5 aromatic rings. The minimum Gasteiger partial charge on any atom is -0.496 e. The summed E-state index contributed by atoms with van der Waals surface area (Å²) in [6, 6.07) is 21.4. The van der Waals surface area contributed by atoms with Crippen molar-refractivity contribution < 1.29 is 19.1 Å². The maximum absolute atomic E-state index is 13.5. The number of rotatable bonds is 7.